The maximum atomic E-state index is 6.17. The minimum atomic E-state index is 0.286. The molecule has 31 heavy (non-hydrogen) atoms. The molecule has 0 nitrogen and oxygen atoms in total. The second kappa shape index (κ2) is 8.65. The first kappa shape index (κ1) is 20.0. The predicted molar refractivity (Wildman–Crippen MR) is 136 cm³/mol. The van der Waals surface area contributed by atoms with Gasteiger partial charge in [-0.05, 0) is 57.9 Å². The number of hydrogen-bond acceptors (Lipinski definition) is 1. The van der Waals surface area contributed by atoms with Crippen LogP contribution in [0, 0.1) is 0 Å². The zero-order chi connectivity index (χ0) is 21.2. The molecule has 0 heterocycles. The number of fused-ring (bicyclic) bond motifs is 1. The van der Waals surface area contributed by atoms with Crippen LogP contribution < -0.4 is 5.46 Å². The Morgan fingerprint density at radius 1 is 0.710 bits per heavy atom. The van der Waals surface area contributed by atoms with Gasteiger partial charge in [0.05, 0.1) is 0 Å². The molecule has 0 N–H and O–H groups in total. The lowest BCUT2D eigenvalue weighted by atomic mass is 9.80. The van der Waals surface area contributed by atoms with Gasteiger partial charge in [0.15, 0.2) is 0 Å². The zero-order valence-corrected chi connectivity index (χ0v) is 18.2. The summed E-state index contributed by atoms with van der Waals surface area (Å²) in [6.45, 7) is 0. The van der Waals surface area contributed by atoms with Crippen molar-refractivity contribution in [2.24, 2.45) is 0 Å². The van der Waals surface area contributed by atoms with Gasteiger partial charge in [-0.25, -0.2) is 0 Å². The summed E-state index contributed by atoms with van der Waals surface area (Å²) in [6.07, 6.45) is 5.41. The van der Waals surface area contributed by atoms with E-state index in [1.54, 1.807) is 0 Å². The van der Waals surface area contributed by atoms with Crippen molar-refractivity contribution in [2.75, 3.05) is 0 Å². The van der Waals surface area contributed by atoms with Gasteiger partial charge in [0.2, 0.25) is 0 Å². The Balaban J connectivity index is 1.56. The molecule has 2 heteroatoms. The summed E-state index contributed by atoms with van der Waals surface area (Å²) in [5.41, 5.74) is 8.70. The largest absolute Gasteiger partial charge is 0.143 e. The Hall–Kier alpha value is -2.97. The Morgan fingerprint density at radius 3 is 2.26 bits per heavy atom. The van der Waals surface area contributed by atoms with Crippen LogP contribution in [0.2, 0.25) is 0 Å². The summed E-state index contributed by atoms with van der Waals surface area (Å²) in [5.74, 6) is 0.674. The van der Waals surface area contributed by atoms with E-state index in [0.717, 1.165) is 16.8 Å². The minimum absolute atomic E-state index is 0.286. The topological polar surface area (TPSA) is 0 Å². The second-order valence-electron chi connectivity index (χ2n) is 8.25. The van der Waals surface area contributed by atoms with Gasteiger partial charge in [0, 0.05) is 10.8 Å². The third-order valence-electron chi connectivity index (χ3n) is 6.21. The highest BCUT2D eigenvalue weighted by Gasteiger charge is 2.34. The molecule has 1 aliphatic rings. The summed E-state index contributed by atoms with van der Waals surface area (Å²) >= 11 is 4.47. The van der Waals surface area contributed by atoms with Gasteiger partial charge in [-0.1, -0.05) is 103 Å². The molecule has 0 bridgehead atoms. The van der Waals surface area contributed by atoms with Crippen LogP contribution in [-0.4, -0.2) is 7.85 Å². The fourth-order valence-corrected chi connectivity index (χ4v) is 4.87. The van der Waals surface area contributed by atoms with Crippen LogP contribution in [0.15, 0.2) is 102 Å². The highest BCUT2D eigenvalue weighted by atomic mass is 32.1. The molecule has 2 unspecified atom stereocenters. The van der Waals surface area contributed by atoms with Crippen molar-refractivity contribution >= 4 is 38.1 Å². The van der Waals surface area contributed by atoms with Crippen molar-refractivity contribution in [3.63, 3.8) is 0 Å². The molecule has 4 aromatic rings. The molecule has 0 saturated heterocycles. The van der Waals surface area contributed by atoms with Crippen molar-refractivity contribution < 1.29 is 0 Å². The van der Waals surface area contributed by atoms with Gasteiger partial charge in [-0.3, -0.25) is 0 Å². The van der Waals surface area contributed by atoms with E-state index in [1.165, 1.54) is 33.4 Å². The Kier molecular flexibility index (Phi) is 5.57. The van der Waals surface area contributed by atoms with Crippen LogP contribution in [0.25, 0.3) is 12.2 Å². The molecule has 0 spiro atoms. The lowest BCUT2D eigenvalue weighted by molar-refractivity contribution is 0.656. The van der Waals surface area contributed by atoms with Crippen LogP contribution in [-0.2, 0) is 6.42 Å². The van der Waals surface area contributed by atoms with Crippen LogP contribution in [0.1, 0.15) is 45.2 Å². The van der Waals surface area contributed by atoms with Crippen LogP contribution >= 0.6 is 12.6 Å². The number of thiol groups is 1. The third-order valence-corrected chi connectivity index (χ3v) is 6.50. The first-order valence-electron chi connectivity index (χ1n) is 10.7. The summed E-state index contributed by atoms with van der Waals surface area (Å²) < 4.78 is 0. The fourth-order valence-electron chi connectivity index (χ4n) is 4.72. The number of benzene rings is 4. The van der Waals surface area contributed by atoms with Gasteiger partial charge < -0.3 is 0 Å². The maximum Gasteiger partial charge on any atom is 0.113 e. The molecule has 148 valence electrons. The summed E-state index contributed by atoms with van der Waals surface area (Å²) in [4.78, 5) is 0.994. The molecule has 0 aliphatic heterocycles. The molecule has 4 aromatic carbocycles. The Bertz CT molecular complexity index is 1230. The quantitative estimate of drug-likeness (QED) is 0.223. The van der Waals surface area contributed by atoms with Gasteiger partial charge in [0.1, 0.15) is 7.85 Å². The summed E-state index contributed by atoms with van der Waals surface area (Å²) in [6, 6.07) is 34.3. The van der Waals surface area contributed by atoms with E-state index in [1.807, 2.05) is 12.1 Å². The highest BCUT2D eigenvalue weighted by Crippen LogP contribution is 2.48. The molecular formula is C29H23BS. The molecule has 0 amide bonds. The smallest absolute Gasteiger partial charge is 0.113 e. The fraction of sp³-hybridized carbons (Fsp3) is 0.103. The number of rotatable bonds is 4. The van der Waals surface area contributed by atoms with Crippen molar-refractivity contribution in [3.8, 4) is 0 Å². The van der Waals surface area contributed by atoms with Gasteiger partial charge >= 0.3 is 0 Å². The second-order valence-corrected chi connectivity index (χ2v) is 8.77. The lowest BCUT2D eigenvalue weighted by Gasteiger charge is -2.22. The first-order chi connectivity index (χ1) is 15.2. The average Bonchev–Trinajstić information content (AvgIpc) is 3.17. The predicted octanol–water partition coefficient (Wildman–Crippen LogP) is 6.41. The molecule has 5 rings (SSSR count). The molecule has 0 saturated carbocycles. The van der Waals surface area contributed by atoms with E-state index in [-0.39, 0.29) is 5.92 Å². The van der Waals surface area contributed by atoms with Crippen molar-refractivity contribution in [1.82, 2.24) is 0 Å². The monoisotopic (exact) mass is 414 g/mol. The molecular weight excluding hydrogens is 391 g/mol. The van der Waals surface area contributed by atoms with Gasteiger partial charge in [0.25, 0.3) is 0 Å². The van der Waals surface area contributed by atoms with E-state index in [2.05, 4.69) is 110 Å². The normalized spacial score (nSPS) is 17.7. The van der Waals surface area contributed by atoms with E-state index < -0.39 is 0 Å². The van der Waals surface area contributed by atoms with Gasteiger partial charge in [-0.15, -0.1) is 12.6 Å². The van der Waals surface area contributed by atoms with Crippen molar-refractivity contribution in [3.05, 3.63) is 130 Å². The van der Waals surface area contributed by atoms with Crippen molar-refractivity contribution in [2.45, 2.75) is 23.2 Å². The average molecular weight is 414 g/mol. The first-order valence-corrected chi connectivity index (χ1v) is 11.1. The van der Waals surface area contributed by atoms with Gasteiger partial charge in [-0.2, -0.15) is 0 Å². The van der Waals surface area contributed by atoms with E-state index in [4.69, 9.17) is 7.85 Å². The van der Waals surface area contributed by atoms with Crippen LogP contribution in [0.4, 0.5) is 0 Å². The maximum absolute atomic E-state index is 6.17. The number of hydrogen-bond donors (Lipinski definition) is 1. The highest BCUT2D eigenvalue weighted by molar-refractivity contribution is 7.80. The minimum Gasteiger partial charge on any atom is -0.143 e. The van der Waals surface area contributed by atoms with E-state index in [9.17, 15) is 0 Å². The standard InChI is InChI=1S/C29H23BS/c30-25-8-4-7-24(18-25)29-27-17-21(10-9-20-5-2-1-3-6-20)11-12-23(27)19-28(29)22-13-15-26(31)16-14-22/h1-18,28-29,31H,19H2/b10-9+. The Morgan fingerprint density at radius 2 is 1.48 bits per heavy atom. The third kappa shape index (κ3) is 4.26. The molecule has 2 radical (unpaired) electrons. The molecule has 0 aromatic heterocycles. The lowest BCUT2D eigenvalue weighted by Crippen LogP contribution is -2.11. The van der Waals surface area contributed by atoms with Crippen LogP contribution in [0.5, 0.6) is 0 Å². The Labute approximate surface area is 191 Å². The molecule has 2 atom stereocenters. The molecule has 1 aliphatic carbocycles. The summed E-state index contributed by atoms with van der Waals surface area (Å²) in [5, 5.41) is 0. The molecule has 0 fully saturated rings. The summed E-state index contributed by atoms with van der Waals surface area (Å²) in [7, 11) is 6.17. The zero-order valence-electron chi connectivity index (χ0n) is 17.3. The van der Waals surface area contributed by atoms with Crippen molar-refractivity contribution in [1.29, 1.82) is 0 Å². The van der Waals surface area contributed by atoms with E-state index in [0.29, 0.717) is 5.92 Å². The SMILES string of the molecule is [B]c1cccc(C2c3cc(/C=C/c4ccccc4)ccc3CC2c2ccc(S)cc2)c1. The van der Waals surface area contributed by atoms with Crippen LogP contribution in [0.3, 0.4) is 0 Å². The van der Waals surface area contributed by atoms with E-state index >= 15 is 0 Å².